The molecule has 7 nitrogen and oxygen atoms in total. The Bertz CT molecular complexity index is 1270. The predicted octanol–water partition coefficient (Wildman–Crippen LogP) is 4.19. The Labute approximate surface area is 195 Å². The Morgan fingerprint density at radius 3 is 2.69 bits per heavy atom. The molecule has 0 aliphatic carbocycles. The normalized spacial score (nSPS) is 12.9. The third kappa shape index (κ3) is 4.74. The molecule has 1 unspecified atom stereocenters. The molecule has 0 fully saturated rings. The van der Waals surface area contributed by atoms with Crippen molar-refractivity contribution < 1.29 is 9.53 Å². The first kappa shape index (κ1) is 23.6. The summed E-state index contributed by atoms with van der Waals surface area (Å²) in [7, 11) is 1.51. The Morgan fingerprint density at radius 2 is 2.06 bits per heavy atom. The van der Waals surface area contributed by atoms with Gasteiger partial charge in [0.05, 0.1) is 40.5 Å². The Kier molecular flexibility index (Phi) is 7.12. The predicted molar refractivity (Wildman–Crippen MR) is 127 cm³/mol. The third-order valence-electron chi connectivity index (χ3n) is 5.26. The van der Waals surface area contributed by atoms with Gasteiger partial charge in [-0.1, -0.05) is 49.3 Å². The molecule has 1 atom stereocenters. The van der Waals surface area contributed by atoms with E-state index in [1.54, 1.807) is 49.4 Å². The van der Waals surface area contributed by atoms with Crippen LogP contribution in [0.5, 0.6) is 5.75 Å². The molecule has 3 rings (SSSR count). The number of nitrogens with one attached hydrogen (secondary N) is 1. The van der Waals surface area contributed by atoms with E-state index in [0.717, 1.165) is 11.8 Å². The number of amides is 1. The average Bonchev–Trinajstić information content (AvgIpc) is 2.77. The van der Waals surface area contributed by atoms with Crippen LogP contribution in [0.4, 0.5) is 0 Å². The number of hydrogen-bond acceptors (Lipinski definition) is 6. The van der Waals surface area contributed by atoms with Crippen molar-refractivity contribution in [3.8, 4) is 17.5 Å². The van der Waals surface area contributed by atoms with Gasteiger partial charge in [-0.05, 0) is 43.2 Å². The third-order valence-corrected chi connectivity index (χ3v) is 6.49. The zero-order valence-corrected chi connectivity index (χ0v) is 19.8. The summed E-state index contributed by atoms with van der Waals surface area (Å²) in [6.07, 6.45) is 0. The molecule has 0 saturated carbocycles. The molecule has 9 heteroatoms. The Hall–Kier alpha value is -3.02. The van der Waals surface area contributed by atoms with Crippen molar-refractivity contribution in [2.45, 2.75) is 31.5 Å². The molecule has 32 heavy (non-hydrogen) atoms. The SMILES string of the molecule is COc1ccc(-n2c(SCC(=O)NC(C)(C#N)C(C)C)nc3ccccc3c2=O)cc1Cl. The van der Waals surface area contributed by atoms with E-state index in [2.05, 4.69) is 16.4 Å². The first-order valence-corrected chi connectivity index (χ1v) is 11.3. The lowest BCUT2D eigenvalue weighted by atomic mass is 9.90. The molecule has 0 radical (unpaired) electrons. The summed E-state index contributed by atoms with van der Waals surface area (Å²) in [6, 6.07) is 14.2. The molecule has 166 valence electrons. The molecule has 0 spiro atoms. The van der Waals surface area contributed by atoms with Gasteiger partial charge in [-0.2, -0.15) is 5.26 Å². The number of para-hydroxylation sites is 1. The number of nitrogens with zero attached hydrogens (tertiary/aromatic N) is 3. The van der Waals surface area contributed by atoms with Crippen LogP contribution in [-0.4, -0.2) is 33.9 Å². The minimum absolute atomic E-state index is 0.0152. The number of carbonyl (C=O) groups excluding carboxylic acids is 1. The molecule has 2 aromatic carbocycles. The van der Waals surface area contributed by atoms with Crippen LogP contribution in [0, 0.1) is 17.2 Å². The Balaban J connectivity index is 2.02. The van der Waals surface area contributed by atoms with Gasteiger partial charge in [0.2, 0.25) is 5.91 Å². The smallest absolute Gasteiger partial charge is 0.266 e. The molecule has 0 aliphatic heterocycles. The standard InChI is InChI=1S/C23H23ClN4O3S/c1-14(2)23(3,13-25)27-20(29)12-32-22-26-18-8-6-5-7-16(18)21(30)28(22)15-9-10-19(31-4)17(24)11-15/h5-11,14H,12H2,1-4H3,(H,27,29). The molecule has 1 amide bonds. The number of aromatic nitrogens is 2. The summed E-state index contributed by atoms with van der Waals surface area (Å²) >= 11 is 7.40. The van der Waals surface area contributed by atoms with Crippen LogP contribution in [0.1, 0.15) is 20.8 Å². The van der Waals surface area contributed by atoms with E-state index in [4.69, 9.17) is 16.3 Å². The monoisotopic (exact) mass is 470 g/mol. The molecular weight excluding hydrogens is 448 g/mol. The van der Waals surface area contributed by atoms with Gasteiger partial charge in [0.1, 0.15) is 11.3 Å². The van der Waals surface area contributed by atoms with Crippen LogP contribution in [0.15, 0.2) is 52.4 Å². The van der Waals surface area contributed by atoms with Gasteiger partial charge in [0.15, 0.2) is 5.16 Å². The summed E-state index contributed by atoms with van der Waals surface area (Å²) in [4.78, 5) is 30.5. The molecule has 1 N–H and O–H groups in total. The van der Waals surface area contributed by atoms with Gasteiger partial charge >= 0.3 is 0 Å². The first-order chi connectivity index (χ1) is 15.2. The summed E-state index contributed by atoms with van der Waals surface area (Å²) in [5.41, 5.74) is -0.229. The maximum Gasteiger partial charge on any atom is 0.266 e. The highest BCUT2D eigenvalue weighted by molar-refractivity contribution is 7.99. The maximum atomic E-state index is 13.3. The van der Waals surface area contributed by atoms with Gasteiger partial charge in [0, 0.05) is 0 Å². The summed E-state index contributed by atoms with van der Waals surface area (Å²) in [5.74, 6) is 0.0724. The lowest BCUT2D eigenvalue weighted by Crippen LogP contribution is -2.49. The fraction of sp³-hybridized carbons (Fsp3) is 0.304. The van der Waals surface area contributed by atoms with Crippen LogP contribution in [0.25, 0.3) is 16.6 Å². The number of thioether (sulfide) groups is 1. The number of fused-ring (bicyclic) bond motifs is 1. The highest BCUT2D eigenvalue weighted by Gasteiger charge is 2.30. The van der Waals surface area contributed by atoms with E-state index >= 15 is 0 Å². The van der Waals surface area contributed by atoms with E-state index in [1.165, 1.54) is 11.7 Å². The van der Waals surface area contributed by atoms with Crippen molar-refractivity contribution >= 4 is 40.2 Å². The number of benzene rings is 2. The minimum atomic E-state index is -0.988. The number of nitriles is 1. The summed E-state index contributed by atoms with van der Waals surface area (Å²) in [5, 5.41) is 13.4. The van der Waals surface area contributed by atoms with Crippen molar-refractivity contribution in [1.29, 1.82) is 5.26 Å². The van der Waals surface area contributed by atoms with Gasteiger partial charge in [-0.3, -0.25) is 14.2 Å². The molecular formula is C23H23ClN4O3S. The Morgan fingerprint density at radius 1 is 1.34 bits per heavy atom. The number of halogens is 1. The second-order valence-corrected chi connectivity index (χ2v) is 9.03. The van der Waals surface area contributed by atoms with Crippen molar-refractivity contribution in [3.05, 3.63) is 57.8 Å². The molecule has 1 heterocycles. The van der Waals surface area contributed by atoms with Crippen molar-refractivity contribution in [2.75, 3.05) is 12.9 Å². The average molecular weight is 471 g/mol. The highest BCUT2D eigenvalue weighted by Crippen LogP contribution is 2.28. The zero-order chi connectivity index (χ0) is 23.5. The molecule has 3 aromatic rings. The van der Waals surface area contributed by atoms with Crippen molar-refractivity contribution in [2.24, 2.45) is 5.92 Å². The lowest BCUT2D eigenvalue weighted by Gasteiger charge is -2.27. The first-order valence-electron chi connectivity index (χ1n) is 9.91. The molecule has 0 aliphatic rings. The number of rotatable bonds is 7. The van der Waals surface area contributed by atoms with Crippen molar-refractivity contribution in [1.82, 2.24) is 14.9 Å². The fourth-order valence-electron chi connectivity index (χ4n) is 2.99. The summed E-state index contributed by atoms with van der Waals surface area (Å²) < 4.78 is 6.63. The van der Waals surface area contributed by atoms with E-state index in [-0.39, 0.29) is 23.1 Å². The van der Waals surface area contributed by atoms with Gasteiger partial charge in [-0.25, -0.2) is 4.98 Å². The van der Waals surface area contributed by atoms with Crippen LogP contribution >= 0.6 is 23.4 Å². The molecule has 0 bridgehead atoms. The van der Waals surface area contributed by atoms with Crippen LogP contribution < -0.4 is 15.6 Å². The van der Waals surface area contributed by atoms with Crippen molar-refractivity contribution in [3.63, 3.8) is 0 Å². The second kappa shape index (κ2) is 9.63. The minimum Gasteiger partial charge on any atom is -0.495 e. The lowest BCUT2D eigenvalue weighted by molar-refractivity contribution is -0.120. The summed E-state index contributed by atoms with van der Waals surface area (Å²) in [6.45, 7) is 5.42. The number of methoxy groups -OCH3 is 1. The van der Waals surface area contributed by atoms with Crippen LogP contribution in [-0.2, 0) is 4.79 Å². The highest BCUT2D eigenvalue weighted by atomic mass is 35.5. The number of carbonyl (C=O) groups is 1. The van der Waals surface area contributed by atoms with Crippen LogP contribution in [0.2, 0.25) is 5.02 Å². The van der Waals surface area contributed by atoms with E-state index in [0.29, 0.717) is 32.5 Å². The van der Waals surface area contributed by atoms with Gasteiger partial charge < -0.3 is 10.1 Å². The van der Waals surface area contributed by atoms with E-state index in [9.17, 15) is 14.9 Å². The van der Waals surface area contributed by atoms with Crippen LogP contribution in [0.3, 0.4) is 0 Å². The maximum absolute atomic E-state index is 13.3. The number of hydrogen-bond donors (Lipinski definition) is 1. The fourth-order valence-corrected chi connectivity index (χ4v) is 4.05. The zero-order valence-electron chi connectivity index (χ0n) is 18.2. The second-order valence-electron chi connectivity index (χ2n) is 7.68. The number of ether oxygens (including phenoxy) is 1. The largest absolute Gasteiger partial charge is 0.495 e. The van der Waals surface area contributed by atoms with E-state index < -0.39 is 5.54 Å². The quantitative estimate of drug-likeness (QED) is 0.410. The van der Waals surface area contributed by atoms with Gasteiger partial charge in [-0.15, -0.1) is 0 Å². The molecule has 1 aromatic heterocycles. The topological polar surface area (TPSA) is 97.0 Å². The molecule has 0 saturated heterocycles. The van der Waals surface area contributed by atoms with Gasteiger partial charge in [0.25, 0.3) is 5.56 Å². The van der Waals surface area contributed by atoms with E-state index in [1.807, 2.05) is 13.8 Å².